The smallest absolute Gasteiger partial charge is 0.288 e. The average molecular weight is 530 g/mol. The van der Waals surface area contributed by atoms with Gasteiger partial charge in [-0.25, -0.2) is 9.78 Å². The summed E-state index contributed by atoms with van der Waals surface area (Å²) in [4.78, 5) is 43.8. The molecule has 0 fully saturated rings. The third-order valence-corrected chi connectivity index (χ3v) is 7.29. The molecule has 4 rings (SSSR count). The highest BCUT2D eigenvalue weighted by Gasteiger charge is 2.36. The number of H-pyrrole nitrogens is 1. The number of thiophene rings is 1. The van der Waals surface area contributed by atoms with Gasteiger partial charge in [-0.2, -0.15) is 18.3 Å². The zero-order valence-corrected chi connectivity index (χ0v) is 20.2. The summed E-state index contributed by atoms with van der Waals surface area (Å²) in [5.74, 6) is -0.877. The summed E-state index contributed by atoms with van der Waals surface area (Å²) in [5, 5.41) is 6.67. The van der Waals surface area contributed by atoms with E-state index in [9.17, 15) is 27.6 Å². The molecule has 0 saturated heterocycles. The Morgan fingerprint density at radius 2 is 1.91 bits per heavy atom. The minimum absolute atomic E-state index is 0. The number of alkyl halides is 3. The molecule has 8 nitrogen and oxygen atoms in total. The Morgan fingerprint density at radius 3 is 2.51 bits per heavy atom. The van der Waals surface area contributed by atoms with Gasteiger partial charge >= 0.3 is 11.9 Å². The van der Waals surface area contributed by atoms with Crippen molar-refractivity contribution in [3.63, 3.8) is 0 Å². The molecule has 0 saturated carbocycles. The van der Waals surface area contributed by atoms with Crippen molar-refractivity contribution in [1.29, 1.82) is 0 Å². The number of rotatable bonds is 6. The van der Waals surface area contributed by atoms with E-state index < -0.39 is 34.3 Å². The van der Waals surface area contributed by atoms with Crippen LogP contribution in [0.5, 0.6) is 0 Å². The summed E-state index contributed by atoms with van der Waals surface area (Å²) in [7, 11) is 1.32. The van der Waals surface area contributed by atoms with E-state index in [0.717, 1.165) is 39.8 Å². The van der Waals surface area contributed by atoms with Crippen molar-refractivity contribution in [2.45, 2.75) is 36.6 Å². The number of aromatic amines is 1. The van der Waals surface area contributed by atoms with E-state index in [0.29, 0.717) is 0 Å². The lowest BCUT2D eigenvalue weighted by molar-refractivity contribution is -0.137. The number of hydrogen-bond acceptors (Lipinski definition) is 7. The lowest BCUT2D eigenvalue weighted by Crippen LogP contribution is -2.38. The first kappa shape index (κ1) is 26.3. The zero-order chi connectivity index (χ0) is 24.8. The van der Waals surface area contributed by atoms with Crippen LogP contribution in [-0.2, 0) is 19.8 Å². The van der Waals surface area contributed by atoms with Gasteiger partial charge in [-0.05, 0) is 23.7 Å². The highest BCUT2D eigenvalue weighted by molar-refractivity contribution is 7.99. The fourth-order valence-corrected chi connectivity index (χ4v) is 5.79. The van der Waals surface area contributed by atoms with Gasteiger partial charge in [0.25, 0.3) is 5.56 Å². The van der Waals surface area contributed by atoms with Gasteiger partial charge < -0.3 is 0 Å². The number of aromatic nitrogens is 5. The summed E-state index contributed by atoms with van der Waals surface area (Å²) in [6.07, 6.45) is -3.53. The zero-order valence-electron chi connectivity index (χ0n) is 18.5. The number of nitrogens with one attached hydrogen (secondary N) is 1. The maximum atomic E-state index is 13.6. The van der Waals surface area contributed by atoms with Crippen LogP contribution in [0.1, 0.15) is 34.6 Å². The van der Waals surface area contributed by atoms with Crippen molar-refractivity contribution in [1.82, 2.24) is 24.3 Å². The first-order valence-electron chi connectivity index (χ1n) is 10.0. The fourth-order valence-electron chi connectivity index (χ4n) is 3.47. The Morgan fingerprint density at radius 1 is 1.23 bits per heavy atom. The maximum Gasteiger partial charge on any atom is 0.417 e. The first-order chi connectivity index (χ1) is 16.0. The Labute approximate surface area is 203 Å². The predicted molar refractivity (Wildman–Crippen MR) is 124 cm³/mol. The molecule has 1 N–H and O–H groups in total. The van der Waals surface area contributed by atoms with E-state index in [1.165, 1.54) is 30.1 Å². The van der Waals surface area contributed by atoms with E-state index in [2.05, 4.69) is 15.2 Å². The van der Waals surface area contributed by atoms with E-state index >= 15 is 0 Å². The van der Waals surface area contributed by atoms with Crippen molar-refractivity contribution >= 4 is 39.1 Å². The summed E-state index contributed by atoms with van der Waals surface area (Å²) < 4.78 is 43.2. The second-order valence-corrected chi connectivity index (χ2v) is 9.85. The molecule has 3 heterocycles. The second-order valence-electron chi connectivity index (χ2n) is 7.86. The SMILES string of the molecule is CC(C)Cn1c(=O)n(C)c(=O)c2c(Sc3ncn[nH]3)c(C(=O)c3ccccc3C(F)(F)F)sc21.F. The number of halogens is 4. The lowest BCUT2D eigenvalue weighted by Gasteiger charge is -2.11. The molecule has 0 radical (unpaired) electrons. The lowest BCUT2D eigenvalue weighted by atomic mass is 10.0. The number of fused-ring (bicyclic) bond motifs is 1. The summed E-state index contributed by atoms with van der Waals surface area (Å²) >= 11 is 1.72. The minimum atomic E-state index is -4.75. The summed E-state index contributed by atoms with van der Waals surface area (Å²) in [5.41, 5.74) is -2.85. The molecule has 0 spiro atoms. The van der Waals surface area contributed by atoms with Crippen molar-refractivity contribution < 1.29 is 22.7 Å². The van der Waals surface area contributed by atoms with Gasteiger partial charge in [0.2, 0.25) is 5.78 Å². The molecule has 186 valence electrons. The van der Waals surface area contributed by atoms with Crippen molar-refractivity contribution in [3.05, 3.63) is 67.4 Å². The number of carbonyl (C=O) groups is 1. The van der Waals surface area contributed by atoms with E-state index in [-0.39, 0.29) is 42.3 Å². The molecule has 0 aliphatic heterocycles. The molecule has 0 unspecified atom stereocenters. The van der Waals surface area contributed by atoms with Crippen LogP contribution < -0.4 is 11.2 Å². The van der Waals surface area contributed by atoms with E-state index in [1.807, 2.05) is 13.8 Å². The molecule has 0 amide bonds. The minimum Gasteiger partial charge on any atom is -0.288 e. The van der Waals surface area contributed by atoms with Gasteiger partial charge in [-0.1, -0.05) is 32.0 Å². The molecular weight excluding hydrogens is 510 g/mol. The largest absolute Gasteiger partial charge is 0.417 e. The van der Waals surface area contributed by atoms with Gasteiger partial charge in [0.15, 0.2) is 5.16 Å². The second kappa shape index (κ2) is 9.77. The van der Waals surface area contributed by atoms with Crippen molar-refractivity contribution in [3.8, 4) is 0 Å². The topological polar surface area (TPSA) is 103 Å². The molecule has 3 aromatic heterocycles. The normalized spacial score (nSPS) is 11.7. The first-order valence-corrected chi connectivity index (χ1v) is 11.6. The van der Waals surface area contributed by atoms with Crippen LogP contribution in [0.3, 0.4) is 0 Å². The Bertz CT molecular complexity index is 1500. The Kier molecular flexibility index (Phi) is 7.36. The van der Waals surface area contributed by atoms with Crippen LogP contribution >= 0.6 is 23.1 Å². The molecule has 35 heavy (non-hydrogen) atoms. The highest BCUT2D eigenvalue weighted by atomic mass is 32.2. The van der Waals surface area contributed by atoms with E-state index in [1.54, 1.807) is 0 Å². The molecular formula is C21H19F4N5O3S2. The quantitative estimate of drug-likeness (QED) is 0.298. The predicted octanol–water partition coefficient (Wildman–Crippen LogP) is 4.09. The third kappa shape index (κ3) is 4.80. The van der Waals surface area contributed by atoms with Crippen LogP contribution in [0.4, 0.5) is 17.9 Å². The monoisotopic (exact) mass is 529 g/mol. The number of ketones is 1. The van der Waals surface area contributed by atoms with Gasteiger partial charge in [-0.15, -0.1) is 11.3 Å². The molecule has 0 atom stereocenters. The number of benzene rings is 1. The van der Waals surface area contributed by atoms with Crippen LogP contribution in [0.2, 0.25) is 0 Å². The molecule has 0 aliphatic carbocycles. The molecule has 4 aromatic rings. The van der Waals surface area contributed by atoms with Crippen LogP contribution in [0.15, 0.2) is 50.2 Å². The summed E-state index contributed by atoms with van der Waals surface area (Å²) in [6, 6.07) is 4.47. The van der Waals surface area contributed by atoms with E-state index in [4.69, 9.17) is 0 Å². The molecule has 0 bridgehead atoms. The Balaban J connectivity index is 0.00000342. The third-order valence-electron chi connectivity index (χ3n) is 4.95. The molecule has 14 heteroatoms. The van der Waals surface area contributed by atoms with Crippen LogP contribution in [0.25, 0.3) is 10.2 Å². The van der Waals surface area contributed by atoms with Crippen molar-refractivity contribution in [2.75, 3.05) is 0 Å². The van der Waals surface area contributed by atoms with Gasteiger partial charge in [0.1, 0.15) is 11.2 Å². The number of carbonyl (C=O) groups excluding carboxylic acids is 1. The van der Waals surface area contributed by atoms with Gasteiger partial charge in [-0.3, -0.25) is 28.5 Å². The highest BCUT2D eigenvalue weighted by Crippen LogP contribution is 2.41. The van der Waals surface area contributed by atoms with Gasteiger partial charge in [0.05, 0.1) is 20.7 Å². The Hall–Kier alpha value is -3.26. The van der Waals surface area contributed by atoms with Crippen LogP contribution in [0, 0.1) is 5.92 Å². The summed E-state index contributed by atoms with van der Waals surface area (Å²) in [6.45, 7) is 4.02. The number of nitrogens with zero attached hydrogens (tertiary/aromatic N) is 4. The van der Waals surface area contributed by atoms with Crippen molar-refractivity contribution in [2.24, 2.45) is 13.0 Å². The standard InChI is InChI=1S/C21H18F3N5O3S2.FH/c1-10(2)8-29-18-13(17(31)28(3)20(29)32)15(34-19-25-9-26-27-19)16(33-18)14(30)11-6-4-5-7-12(11)21(22,23)24;/h4-7,9-10H,8H2,1-3H3,(H,25,26,27);1H. The average Bonchev–Trinajstić information content (AvgIpc) is 3.42. The van der Waals surface area contributed by atoms with Crippen LogP contribution in [-0.4, -0.2) is 30.1 Å². The molecule has 0 aliphatic rings. The fraction of sp³-hybridized carbons (Fsp3) is 0.286. The maximum absolute atomic E-state index is 13.6. The van der Waals surface area contributed by atoms with Gasteiger partial charge in [0, 0.05) is 19.2 Å². The molecule has 1 aromatic carbocycles. The number of hydrogen-bond donors (Lipinski definition) is 1.